The highest BCUT2D eigenvalue weighted by Gasteiger charge is 2.25. The van der Waals surface area contributed by atoms with Crippen LogP contribution in [0.1, 0.15) is 10.4 Å². The number of nitrogens with one attached hydrogen (secondary N) is 1. The van der Waals surface area contributed by atoms with Crippen LogP contribution in [0.4, 0.5) is 22.7 Å². The SMILES string of the molecule is NC(=O)c1ccc(NC(=O)C(=O)N(c2ccccc2)c2ccc(N)cc2)cc1. The largest absolute Gasteiger partial charge is 0.399 e. The highest BCUT2D eigenvalue weighted by Crippen LogP contribution is 2.26. The van der Waals surface area contributed by atoms with Crippen LogP contribution in [0, 0.1) is 0 Å². The standard InChI is InChI=1S/C21H18N4O3/c22-15-8-12-18(13-9-15)25(17-4-2-1-3-5-17)21(28)20(27)24-16-10-6-14(7-11-16)19(23)26/h1-13H,22H2,(H2,23,26)(H,24,27). The summed E-state index contributed by atoms with van der Waals surface area (Å²) in [4.78, 5) is 37.9. The summed E-state index contributed by atoms with van der Waals surface area (Å²) < 4.78 is 0. The number of nitrogen functional groups attached to an aromatic ring is 1. The van der Waals surface area contributed by atoms with Crippen molar-refractivity contribution in [1.82, 2.24) is 0 Å². The van der Waals surface area contributed by atoms with Gasteiger partial charge in [-0.2, -0.15) is 0 Å². The highest BCUT2D eigenvalue weighted by molar-refractivity contribution is 6.45. The molecule has 3 aromatic carbocycles. The molecule has 0 radical (unpaired) electrons. The molecular formula is C21H18N4O3. The molecular weight excluding hydrogens is 356 g/mol. The van der Waals surface area contributed by atoms with Crippen LogP contribution >= 0.6 is 0 Å². The maximum atomic E-state index is 12.9. The minimum atomic E-state index is -0.826. The van der Waals surface area contributed by atoms with Crippen molar-refractivity contribution in [1.29, 1.82) is 0 Å². The van der Waals surface area contributed by atoms with Crippen LogP contribution in [0.15, 0.2) is 78.9 Å². The van der Waals surface area contributed by atoms with E-state index in [4.69, 9.17) is 11.5 Å². The first kappa shape index (κ1) is 18.7. The Morgan fingerprint density at radius 3 is 1.89 bits per heavy atom. The van der Waals surface area contributed by atoms with Gasteiger partial charge in [-0.15, -0.1) is 0 Å². The maximum absolute atomic E-state index is 12.9. The molecule has 0 aliphatic rings. The van der Waals surface area contributed by atoms with Crippen LogP contribution in [-0.4, -0.2) is 17.7 Å². The molecule has 0 saturated heterocycles. The molecule has 0 fully saturated rings. The van der Waals surface area contributed by atoms with E-state index in [0.29, 0.717) is 28.3 Å². The first-order valence-corrected chi connectivity index (χ1v) is 8.41. The molecule has 7 nitrogen and oxygen atoms in total. The predicted molar refractivity (Wildman–Crippen MR) is 108 cm³/mol. The molecule has 3 rings (SSSR count). The molecule has 7 heteroatoms. The van der Waals surface area contributed by atoms with Gasteiger partial charge < -0.3 is 16.8 Å². The number of carbonyl (C=O) groups excluding carboxylic acids is 3. The van der Waals surface area contributed by atoms with Crippen LogP contribution in [0.3, 0.4) is 0 Å². The average molecular weight is 374 g/mol. The van der Waals surface area contributed by atoms with E-state index in [0.717, 1.165) is 0 Å². The quantitative estimate of drug-likeness (QED) is 0.480. The number of primary amides is 1. The van der Waals surface area contributed by atoms with Gasteiger partial charge in [-0.05, 0) is 60.7 Å². The van der Waals surface area contributed by atoms with Crippen molar-refractivity contribution in [3.05, 3.63) is 84.4 Å². The molecule has 0 saturated carbocycles. The fourth-order valence-corrected chi connectivity index (χ4v) is 2.59. The molecule has 0 unspecified atom stereocenters. The van der Waals surface area contributed by atoms with Gasteiger partial charge in [0.15, 0.2) is 0 Å². The summed E-state index contributed by atoms with van der Waals surface area (Å²) >= 11 is 0. The normalized spacial score (nSPS) is 10.1. The third-order valence-electron chi connectivity index (χ3n) is 3.99. The molecule has 0 spiro atoms. The van der Waals surface area contributed by atoms with Gasteiger partial charge in [-0.25, -0.2) is 0 Å². The van der Waals surface area contributed by atoms with Crippen molar-refractivity contribution in [3.63, 3.8) is 0 Å². The Kier molecular flexibility index (Phi) is 5.36. The maximum Gasteiger partial charge on any atom is 0.321 e. The van der Waals surface area contributed by atoms with E-state index in [1.165, 1.54) is 29.2 Å². The molecule has 3 amide bonds. The van der Waals surface area contributed by atoms with Crippen molar-refractivity contribution >= 4 is 40.5 Å². The zero-order valence-electron chi connectivity index (χ0n) is 14.8. The summed E-state index contributed by atoms with van der Waals surface area (Å²) in [6, 6.07) is 21.4. The summed E-state index contributed by atoms with van der Waals surface area (Å²) in [6.07, 6.45) is 0. The van der Waals surface area contributed by atoms with Gasteiger partial charge in [0.1, 0.15) is 0 Å². The number of amides is 3. The summed E-state index contributed by atoms with van der Waals surface area (Å²) in [5, 5.41) is 2.53. The molecule has 140 valence electrons. The summed E-state index contributed by atoms with van der Waals surface area (Å²) in [5.74, 6) is -2.17. The molecule has 0 atom stereocenters. The zero-order valence-corrected chi connectivity index (χ0v) is 14.8. The third-order valence-corrected chi connectivity index (χ3v) is 3.99. The summed E-state index contributed by atoms with van der Waals surface area (Å²) in [7, 11) is 0. The Hall–Kier alpha value is -4.13. The highest BCUT2D eigenvalue weighted by atomic mass is 16.2. The molecule has 0 bridgehead atoms. The Bertz CT molecular complexity index is 1000. The molecule has 0 aliphatic carbocycles. The third kappa shape index (κ3) is 4.16. The van der Waals surface area contributed by atoms with Gasteiger partial charge in [-0.3, -0.25) is 19.3 Å². The van der Waals surface area contributed by atoms with E-state index in [1.54, 1.807) is 48.5 Å². The van der Waals surface area contributed by atoms with Crippen LogP contribution in [0.2, 0.25) is 0 Å². The van der Waals surface area contributed by atoms with Gasteiger partial charge in [-0.1, -0.05) is 18.2 Å². The second kappa shape index (κ2) is 8.05. The lowest BCUT2D eigenvalue weighted by Crippen LogP contribution is -2.36. The first-order chi connectivity index (χ1) is 13.5. The van der Waals surface area contributed by atoms with Crippen molar-refractivity contribution in [2.24, 2.45) is 5.73 Å². The lowest BCUT2D eigenvalue weighted by molar-refractivity contribution is -0.134. The number of rotatable bonds is 4. The predicted octanol–water partition coefficient (Wildman–Crippen LogP) is 2.67. The topological polar surface area (TPSA) is 119 Å². The second-order valence-corrected chi connectivity index (χ2v) is 5.96. The van der Waals surface area contributed by atoms with E-state index >= 15 is 0 Å². The Morgan fingerprint density at radius 1 is 0.750 bits per heavy atom. The number of hydrogen-bond acceptors (Lipinski definition) is 4. The van der Waals surface area contributed by atoms with Gasteiger partial charge in [0.05, 0.1) is 0 Å². The van der Waals surface area contributed by atoms with Crippen LogP contribution in [0.25, 0.3) is 0 Å². The van der Waals surface area contributed by atoms with E-state index in [9.17, 15) is 14.4 Å². The number of anilines is 4. The number of benzene rings is 3. The fraction of sp³-hybridized carbons (Fsp3) is 0. The monoisotopic (exact) mass is 374 g/mol. The minimum Gasteiger partial charge on any atom is -0.399 e. The van der Waals surface area contributed by atoms with Crippen LogP contribution in [-0.2, 0) is 9.59 Å². The van der Waals surface area contributed by atoms with Gasteiger partial charge in [0, 0.05) is 28.3 Å². The minimum absolute atomic E-state index is 0.303. The van der Waals surface area contributed by atoms with Crippen LogP contribution < -0.4 is 21.7 Å². The summed E-state index contributed by atoms with van der Waals surface area (Å²) in [5.41, 5.74) is 13.2. The van der Waals surface area contributed by atoms with Crippen molar-refractivity contribution < 1.29 is 14.4 Å². The number of nitrogens with zero attached hydrogens (tertiary/aromatic N) is 1. The van der Waals surface area contributed by atoms with Crippen molar-refractivity contribution in [2.45, 2.75) is 0 Å². The number of para-hydroxylation sites is 1. The van der Waals surface area contributed by atoms with E-state index in [2.05, 4.69) is 5.32 Å². The zero-order chi connectivity index (χ0) is 20.1. The Morgan fingerprint density at radius 2 is 1.32 bits per heavy atom. The van der Waals surface area contributed by atoms with E-state index < -0.39 is 17.7 Å². The molecule has 0 aliphatic heterocycles. The van der Waals surface area contributed by atoms with Crippen molar-refractivity contribution in [2.75, 3.05) is 16.0 Å². The average Bonchev–Trinajstić information content (AvgIpc) is 2.70. The molecule has 3 aromatic rings. The lowest BCUT2D eigenvalue weighted by Gasteiger charge is -2.22. The Balaban J connectivity index is 1.87. The van der Waals surface area contributed by atoms with Crippen LogP contribution in [0.5, 0.6) is 0 Å². The van der Waals surface area contributed by atoms with Crippen molar-refractivity contribution in [3.8, 4) is 0 Å². The van der Waals surface area contributed by atoms with E-state index in [-0.39, 0.29) is 0 Å². The van der Waals surface area contributed by atoms with Gasteiger partial charge in [0.2, 0.25) is 5.91 Å². The molecule has 0 aromatic heterocycles. The van der Waals surface area contributed by atoms with E-state index in [1.807, 2.05) is 6.07 Å². The molecule has 28 heavy (non-hydrogen) atoms. The molecule has 5 N–H and O–H groups in total. The number of carbonyl (C=O) groups is 3. The molecule has 0 heterocycles. The number of hydrogen-bond donors (Lipinski definition) is 3. The number of nitrogens with two attached hydrogens (primary N) is 2. The first-order valence-electron chi connectivity index (χ1n) is 8.41. The van der Waals surface area contributed by atoms with Gasteiger partial charge in [0.25, 0.3) is 0 Å². The summed E-state index contributed by atoms with van der Waals surface area (Å²) in [6.45, 7) is 0. The fourth-order valence-electron chi connectivity index (χ4n) is 2.59. The Labute approximate surface area is 161 Å². The lowest BCUT2D eigenvalue weighted by atomic mass is 10.2. The smallest absolute Gasteiger partial charge is 0.321 e. The second-order valence-electron chi connectivity index (χ2n) is 5.96. The van der Waals surface area contributed by atoms with Gasteiger partial charge >= 0.3 is 11.8 Å².